The zero-order chi connectivity index (χ0) is 16.4. The molecule has 0 aromatic carbocycles. The third kappa shape index (κ3) is 6.53. The molecule has 0 aliphatic carbocycles. The standard InChI is InChI=1S/C15H26N2O5/c1-3-21-9-10-22-8-4-6-16-13(18)5-7-17-14(19)11-12(2)15(17)20/h12H,3-11H2,1-2H3,(H,16,18). The quantitative estimate of drug-likeness (QED) is 0.439. The van der Waals surface area contributed by atoms with Crippen molar-refractivity contribution in [2.45, 2.75) is 33.1 Å². The van der Waals surface area contributed by atoms with E-state index in [-0.39, 0.29) is 43.0 Å². The molecule has 1 aliphatic rings. The fraction of sp³-hybridized carbons (Fsp3) is 0.800. The number of hydrogen-bond acceptors (Lipinski definition) is 5. The van der Waals surface area contributed by atoms with Gasteiger partial charge in [0.2, 0.25) is 17.7 Å². The normalized spacial score (nSPS) is 18.1. The summed E-state index contributed by atoms with van der Waals surface area (Å²) in [5, 5.41) is 2.75. The summed E-state index contributed by atoms with van der Waals surface area (Å²) in [6.45, 7) is 6.72. The van der Waals surface area contributed by atoms with E-state index in [1.807, 2.05) is 6.92 Å². The van der Waals surface area contributed by atoms with Crippen LogP contribution in [0.1, 0.15) is 33.1 Å². The van der Waals surface area contributed by atoms with Crippen LogP contribution in [0, 0.1) is 5.92 Å². The van der Waals surface area contributed by atoms with Gasteiger partial charge in [0.1, 0.15) is 0 Å². The highest BCUT2D eigenvalue weighted by molar-refractivity contribution is 6.03. The van der Waals surface area contributed by atoms with Crippen molar-refractivity contribution in [1.82, 2.24) is 10.2 Å². The Labute approximate surface area is 131 Å². The van der Waals surface area contributed by atoms with Crippen LogP contribution in [0.4, 0.5) is 0 Å². The van der Waals surface area contributed by atoms with E-state index in [9.17, 15) is 14.4 Å². The van der Waals surface area contributed by atoms with Crippen molar-refractivity contribution in [2.75, 3.05) is 39.5 Å². The zero-order valence-corrected chi connectivity index (χ0v) is 13.4. The van der Waals surface area contributed by atoms with Crippen molar-refractivity contribution >= 4 is 17.7 Å². The first kappa shape index (κ1) is 18.6. The molecule has 0 aromatic heterocycles. The number of carbonyl (C=O) groups is 3. The van der Waals surface area contributed by atoms with E-state index in [1.165, 1.54) is 4.90 Å². The molecule has 0 bridgehead atoms. The Kier molecular flexibility index (Phi) is 8.69. The Morgan fingerprint density at radius 3 is 2.64 bits per heavy atom. The summed E-state index contributed by atoms with van der Waals surface area (Å²) in [5.41, 5.74) is 0. The van der Waals surface area contributed by atoms with Gasteiger partial charge in [-0.05, 0) is 13.3 Å². The summed E-state index contributed by atoms with van der Waals surface area (Å²) in [5.74, 6) is -0.785. The molecule has 1 saturated heterocycles. The number of carbonyl (C=O) groups excluding carboxylic acids is 3. The predicted octanol–water partition coefficient (Wildman–Crippen LogP) is 0.331. The Balaban J connectivity index is 2.02. The lowest BCUT2D eigenvalue weighted by Crippen LogP contribution is -2.35. The van der Waals surface area contributed by atoms with Crippen LogP contribution in [0.15, 0.2) is 0 Å². The third-order valence-electron chi connectivity index (χ3n) is 3.40. The smallest absolute Gasteiger partial charge is 0.232 e. The fourth-order valence-corrected chi connectivity index (χ4v) is 2.15. The average Bonchev–Trinajstić information content (AvgIpc) is 2.73. The fourth-order valence-electron chi connectivity index (χ4n) is 2.15. The second-order valence-electron chi connectivity index (χ2n) is 5.25. The number of rotatable bonds is 11. The molecule has 0 saturated carbocycles. The summed E-state index contributed by atoms with van der Waals surface area (Å²) < 4.78 is 10.5. The molecule has 0 radical (unpaired) electrons. The Hall–Kier alpha value is -1.47. The van der Waals surface area contributed by atoms with Crippen molar-refractivity contribution in [3.05, 3.63) is 0 Å². The van der Waals surface area contributed by atoms with Gasteiger partial charge in [-0.25, -0.2) is 0 Å². The van der Waals surface area contributed by atoms with Crippen molar-refractivity contribution in [2.24, 2.45) is 5.92 Å². The van der Waals surface area contributed by atoms with E-state index in [0.29, 0.717) is 33.0 Å². The van der Waals surface area contributed by atoms with Crippen molar-refractivity contribution in [3.63, 3.8) is 0 Å². The summed E-state index contributed by atoms with van der Waals surface area (Å²) >= 11 is 0. The molecule has 1 aliphatic heterocycles. The lowest BCUT2D eigenvalue weighted by atomic mass is 10.1. The number of imide groups is 1. The molecule has 1 fully saturated rings. The van der Waals surface area contributed by atoms with Gasteiger partial charge in [-0.15, -0.1) is 0 Å². The minimum Gasteiger partial charge on any atom is -0.379 e. The lowest BCUT2D eigenvalue weighted by molar-refractivity contribution is -0.139. The van der Waals surface area contributed by atoms with E-state index in [2.05, 4.69) is 5.32 Å². The highest BCUT2D eigenvalue weighted by Gasteiger charge is 2.35. The van der Waals surface area contributed by atoms with Crippen LogP contribution in [0.3, 0.4) is 0 Å². The molecule has 7 heteroatoms. The molecule has 1 N–H and O–H groups in total. The Morgan fingerprint density at radius 2 is 2.00 bits per heavy atom. The van der Waals surface area contributed by atoms with Crippen molar-refractivity contribution in [1.29, 1.82) is 0 Å². The van der Waals surface area contributed by atoms with Crippen LogP contribution in [0.2, 0.25) is 0 Å². The van der Waals surface area contributed by atoms with E-state index in [0.717, 1.165) is 6.42 Å². The maximum Gasteiger partial charge on any atom is 0.232 e. The SMILES string of the molecule is CCOCCOCCCNC(=O)CCN1C(=O)CC(C)C1=O. The topological polar surface area (TPSA) is 84.9 Å². The monoisotopic (exact) mass is 314 g/mol. The second-order valence-corrected chi connectivity index (χ2v) is 5.25. The van der Waals surface area contributed by atoms with Gasteiger partial charge >= 0.3 is 0 Å². The van der Waals surface area contributed by atoms with Gasteiger partial charge in [0.25, 0.3) is 0 Å². The number of likely N-dealkylation sites (tertiary alicyclic amines) is 1. The lowest BCUT2D eigenvalue weighted by Gasteiger charge is -2.14. The number of nitrogens with one attached hydrogen (secondary N) is 1. The molecule has 1 rings (SSSR count). The maximum absolute atomic E-state index is 11.7. The third-order valence-corrected chi connectivity index (χ3v) is 3.40. The molecule has 0 aromatic rings. The van der Waals surface area contributed by atoms with Gasteiger partial charge in [-0.3, -0.25) is 19.3 Å². The van der Waals surface area contributed by atoms with Crippen LogP contribution in [-0.4, -0.2) is 62.1 Å². The minimum atomic E-state index is -0.260. The van der Waals surface area contributed by atoms with Crippen LogP contribution >= 0.6 is 0 Å². The number of nitrogens with zero attached hydrogens (tertiary/aromatic N) is 1. The van der Waals surface area contributed by atoms with Gasteiger partial charge < -0.3 is 14.8 Å². The number of amides is 3. The summed E-state index contributed by atoms with van der Waals surface area (Å²) in [6, 6.07) is 0. The van der Waals surface area contributed by atoms with E-state index in [1.54, 1.807) is 6.92 Å². The van der Waals surface area contributed by atoms with Crippen molar-refractivity contribution in [3.8, 4) is 0 Å². The van der Waals surface area contributed by atoms with Crippen LogP contribution in [0.25, 0.3) is 0 Å². The van der Waals surface area contributed by atoms with Gasteiger partial charge in [0.05, 0.1) is 13.2 Å². The van der Waals surface area contributed by atoms with Gasteiger partial charge in [-0.1, -0.05) is 6.92 Å². The molecule has 0 spiro atoms. The van der Waals surface area contributed by atoms with E-state index in [4.69, 9.17) is 9.47 Å². The predicted molar refractivity (Wildman–Crippen MR) is 80.1 cm³/mol. The molecule has 3 amide bonds. The highest BCUT2D eigenvalue weighted by atomic mass is 16.5. The highest BCUT2D eigenvalue weighted by Crippen LogP contribution is 2.18. The molecular formula is C15H26N2O5. The minimum absolute atomic E-state index is 0.148. The largest absolute Gasteiger partial charge is 0.379 e. The first-order chi connectivity index (χ1) is 10.6. The maximum atomic E-state index is 11.7. The number of hydrogen-bond donors (Lipinski definition) is 1. The van der Waals surface area contributed by atoms with Crippen LogP contribution in [0.5, 0.6) is 0 Å². The summed E-state index contributed by atoms with van der Waals surface area (Å²) in [4.78, 5) is 36.1. The number of ether oxygens (including phenoxy) is 2. The average molecular weight is 314 g/mol. The molecule has 126 valence electrons. The summed E-state index contributed by atoms with van der Waals surface area (Å²) in [7, 11) is 0. The van der Waals surface area contributed by atoms with E-state index >= 15 is 0 Å². The molecular weight excluding hydrogens is 288 g/mol. The van der Waals surface area contributed by atoms with Crippen molar-refractivity contribution < 1.29 is 23.9 Å². The molecule has 1 unspecified atom stereocenters. The molecule has 1 atom stereocenters. The molecule has 1 heterocycles. The van der Waals surface area contributed by atoms with E-state index < -0.39 is 0 Å². The van der Waals surface area contributed by atoms with Crippen LogP contribution < -0.4 is 5.32 Å². The van der Waals surface area contributed by atoms with Gasteiger partial charge in [0.15, 0.2) is 0 Å². The van der Waals surface area contributed by atoms with Gasteiger partial charge in [-0.2, -0.15) is 0 Å². The Bertz CT molecular complexity index is 386. The Morgan fingerprint density at radius 1 is 1.27 bits per heavy atom. The molecule has 7 nitrogen and oxygen atoms in total. The van der Waals surface area contributed by atoms with Crippen LogP contribution in [-0.2, 0) is 23.9 Å². The van der Waals surface area contributed by atoms with Gasteiger partial charge in [0, 0.05) is 45.1 Å². The molecule has 22 heavy (non-hydrogen) atoms. The first-order valence-electron chi connectivity index (χ1n) is 7.82. The second kappa shape index (κ2) is 10.3. The zero-order valence-electron chi connectivity index (χ0n) is 13.4. The first-order valence-corrected chi connectivity index (χ1v) is 7.82. The summed E-state index contributed by atoms with van der Waals surface area (Å²) in [6.07, 6.45) is 1.12.